The summed E-state index contributed by atoms with van der Waals surface area (Å²) in [5.74, 6) is -9.54. The third-order valence-electron chi connectivity index (χ3n) is 2.86. The fraction of sp³-hybridized carbons (Fsp3) is 0.167. The molecule has 0 bridgehead atoms. The molecule has 106 valence electrons. The Balaban J connectivity index is 3.18. The number of carboxylic acid groups (broad SMARTS) is 1. The summed E-state index contributed by atoms with van der Waals surface area (Å²) in [5.41, 5.74) is -3.07. The molecule has 0 aliphatic heterocycles. The molecule has 0 spiro atoms. The number of aromatic carboxylic acids is 1. The van der Waals surface area contributed by atoms with E-state index in [-0.39, 0.29) is 6.54 Å². The molecule has 0 saturated heterocycles. The first-order chi connectivity index (χ1) is 9.31. The smallest absolute Gasteiger partial charge is 0.341 e. The number of hydrogen-bond donors (Lipinski definition) is 1. The molecule has 0 radical (unpaired) electrons. The molecule has 0 amide bonds. The molecule has 20 heavy (non-hydrogen) atoms. The van der Waals surface area contributed by atoms with Crippen LogP contribution in [-0.2, 0) is 6.54 Å². The van der Waals surface area contributed by atoms with Gasteiger partial charge in [-0.3, -0.25) is 4.79 Å². The first-order valence-electron chi connectivity index (χ1n) is 5.43. The number of benzene rings is 1. The molecule has 0 unspecified atom stereocenters. The van der Waals surface area contributed by atoms with Crippen molar-refractivity contribution >= 4 is 16.9 Å². The van der Waals surface area contributed by atoms with Crippen molar-refractivity contribution in [2.45, 2.75) is 13.5 Å². The van der Waals surface area contributed by atoms with Crippen molar-refractivity contribution in [2.75, 3.05) is 0 Å². The van der Waals surface area contributed by atoms with Gasteiger partial charge in [0.2, 0.25) is 5.43 Å². The number of carboxylic acids is 1. The van der Waals surface area contributed by atoms with Crippen LogP contribution in [0.3, 0.4) is 0 Å². The summed E-state index contributed by atoms with van der Waals surface area (Å²) in [5, 5.41) is 7.71. The van der Waals surface area contributed by atoms with Gasteiger partial charge in [-0.1, -0.05) is 0 Å². The van der Waals surface area contributed by atoms with E-state index in [0.29, 0.717) is 0 Å². The van der Waals surface area contributed by atoms with E-state index in [4.69, 9.17) is 5.11 Å². The van der Waals surface area contributed by atoms with Crippen LogP contribution in [0.4, 0.5) is 17.6 Å². The maximum Gasteiger partial charge on any atom is 0.341 e. The van der Waals surface area contributed by atoms with E-state index < -0.39 is 51.1 Å². The van der Waals surface area contributed by atoms with Gasteiger partial charge in [0.15, 0.2) is 23.3 Å². The molecule has 0 aliphatic rings. The average Bonchev–Trinajstić information content (AvgIpc) is 2.41. The van der Waals surface area contributed by atoms with Crippen molar-refractivity contribution in [2.24, 2.45) is 0 Å². The lowest BCUT2D eigenvalue weighted by Crippen LogP contribution is -2.21. The van der Waals surface area contributed by atoms with E-state index in [1.807, 2.05) is 0 Å². The fourth-order valence-corrected chi connectivity index (χ4v) is 1.91. The van der Waals surface area contributed by atoms with Crippen LogP contribution in [0.25, 0.3) is 10.9 Å². The Morgan fingerprint density at radius 3 is 2.20 bits per heavy atom. The molecular weight excluding hydrogens is 282 g/mol. The number of carbonyl (C=O) groups is 1. The highest BCUT2D eigenvalue weighted by molar-refractivity contribution is 5.93. The molecule has 8 heteroatoms. The Labute approximate surface area is 108 Å². The highest BCUT2D eigenvalue weighted by Gasteiger charge is 2.26. The molecule has 1 heterocycles. The third kappa shape index (κ3) is 1.75. The van der Waals surface area contributed by atoms with Crippen molar-refractivity contribution in [3.8, 4) is 0 Å². The van der Waals surface area contributed by atoms with Crippen LogP contribution >= 0.6 is 0 Å². The highest BCUT2D eigenvalue weighted by Crippen LogP contribution is 2.25. The van der Waals surface area contributed by atoms with Crippen molar-refractivity contribution in [1.82, 2.24) is 4.57 Å². The third-order valence-corrected chi connectivity index (χ3v) is 2.86. The number of aryl methyl sites for hydroxylation is 1. The molecule has 1 aromatic heterocycles. The Morgan fingerprint density at radius 1 is 1.15 bits per heavy atom. The molecule has 0 saturated carbocycles. The highest BCUT2D eigenvalue weighted by atomic mass is 19.2. The second-order valence-electron chi connectivity index (χ2n) is 3.94. The van der Waals surface area contributed by atoms with Gasteiger partial charge in [0.1, 0.15) is 5.56 Å². The van der Waals surface area contributed by atoms with Crippen LogP contribution in [0.1, 0.15) is 17.3 Å². The van der Waals surface area contributed by atoms with E-state index in [2.05, 4.69) is 0 Å². The van der Waals surface area contributed by atoms with Gasteiger partial charge in [-0.15, -0.1) is 0 Å². The summed E-state index contributed by atoms with van der Waals surface area (Å²) in [6, 6.07) is 0. The number of nitrogens with zero attached hydrogens (tertiary/aromatic N) is 1. The zero-order chi connectivity index (χ0) is 15.2. The minimum absolute atomic E-state index is 0.0709. The maximum atomic E-state index is 13.7. The predicted octanol–water partition coefficient (Wildman–Crippen LogP) is 2.28. The normalized spacial score (nSPS) is 11.1. The lowest BCUT2D eigenvalue weighted by molar-refractivity contribution is 0.0695. The minimum atomic E-state index is -2.16. The van der Waals surface area contributed by atoms with Gasteiger partial charge in [0, 0.05) is 12.7 Å². The largest absolute Gasteiger partial charge is 0.477 e. The summed E-state index contributed by atoms with van der Waals surface area (Å²) in [4.78, 5) is 22.7. The molecule has 4 nitrogen and oxygen atoms in total. The minimum Gasteiger partial charge on any atom is -0.477 e. The zero-order valence-corrected chi connectivity index (χ0v) is 10.0. The Morgan fingerprint density at radius 2 is 1.70 bits per heavy atom. The maximum absolute atomic E-state index is 13.7. The molecule has 1 aromatic carbocycles. The molecule has 0 atom stereocenters. The van der Waals surface area contributed by atoms with Crippen LogP contribution in [0.15, 0.2) is 11.0 Å². The number of aromatic nitrogens is 1. The molecule has 2 rings (SSSR count). The van der Waals surface area contributed by atoms with Gasteiger partial charge in [-0.25, -0.2) is 22.4 Å². The van der Waals surface area contributed by atoms with Crippen molar-refractivity contribution in [3.05, 3.63) is 45.3 Å². The van der Waals surface area contributed by atoms with E-state index in [1.54, 1.807) is 0 Å². The van der Waals surface area contributed by atoms with Crippen molar-refractivity contribution in [1.29, 1.82) is 0 Å². The van der Waals surface area contributed by atoms with Gasteiger partial charge in [-0.2, -0.15) is 0 Å². The Bertz CT molecular complexity index is 798. The van der Waals surface area contributed by atoms with Crippen LogP contribution in [-0.4, -0.2) is 15.6 Å². The summed E-state index contributed by atoms with van der Waals surface area (Å²) < 4.78 is 54.6. The van der Waals surface area contributed by atoms with Gasteiger partial charge >= 0.3 is 5.97 Å². The molecular formula is C12H7F4NO3. The average molecular weight is 289 g/mol. The van der Waals surface area contributed by atoms with Crippen LogP contribution in [0.2, 0.25) is 0 Å². The SMILES string of the molecule is CCn1cc(C(=O)O)c(=O)c2c(F)c(F)c(F)c(F)c21. The number of pyridine rings is 1. The predicted molar refractivity (Wildman–Crippen MR) is 60.7 cm³/mol. The van der Waals surface area contributed by atoms with Gasteiger partial charge in [0.05, 0.1) is 10.9 Å². The van der Waals surface area contributed by atoms with E-state index in [9.17, 15) is 27.2 Å². The second-order valence-corrected chi connectivity index (χ2v) is 3.94. The summed E-state index contributed by atoms with van der Waals surface area (Å²) in [6.45, 7) is 1.37. The van der Waals surface area contributed by atoms with Crippen LogP contribution in [0, 0.1) is 23.3 Å². The van der Waals surface area contributed by atoms with E-state index in [0.717, 1.165) is 10.8 Å². The lowest BCUT2D eigenvalue weighted by atomic mass is 10.1. The number of fused-ring (bicyclic) bond motifs is 1. The monoisotopic (exact) mass is 289 g/mol. The van der Waals surface area contributed by atoms with Gasteiger partial charge < -0.3 is 9.67 Å². The van der Waals surface area contributed by atoms with Gasteiger partial charge in [0.25, 0.3) is 0 Å². The molecule has 1 N–H and O–H groups in total. The Kier molecular flexibility index (Phi) is 3.24. The summed E-state index contributed by atoms with van der Waals surface area (Å²) in [6.07, 6.45) is 0.757. The first kappa shape index (κ1) is 14.0. The molecule has 0 fully saturated rings. The van der Waals surface area contributed by atoms with Crippen LogP contribution < -0.4 is 5.43 Å². The summed E-state index contributed by atoms with van der Waals surface area (Å²) >= 11 is 0. The van der Waals surface area contributed by atoms with Crippen molar-refractivity contribution in [3.63, 3.8) is 0 Å². The Hall–Kier alpha value is -2.38. The van der Waals surface area contributed by atoms with Crippen molar-refractivity contribution < 1.29 is 27.5 Å². The fourth-order valence-electron chi connectivity index (χ4n) is 1.91. The number of halogens is 4. The summed E-state index contributed by atoms with van der Waals surface area (Å²) in [7, 11) is 0. The zero-order valence-electron chi connectivity index (χ0n) is 10.0. The first-order valence-corrected chi connectivity index (χ1v) is 5.43. The van der Waals surface area contributed by atoms with E-state index >= 15 is 0 Å². The quantitative estimate of drug-likeness (QED) is 0.524. The second kappa shape index (κ2) is 4.62. The van der Waals surface area contributed by atoms with E-state index in [1.165, 1.54) is 6.92 Å². The van der Waals surface area contributed by atoms with Crippen LogP contribution in [0.5, 0.6) is 0 Å². The molecule has 0 aliphatic carbocycles. The van der Waals surface area contributed by atoms with Gasteiger partial charge in [-0.05, 0) is 6.92 Å². The number of hydrogen-bond acceptors (Lipinski definition) is 2. The topological polar surface area (TPSA) is 59.3 Å². The number of rotatable bonds is 2. The standard InChI is InChI=1S/C12H7F4NO3/c1-2-17-3-4(12(19)20)11(18)5-6(13)7(14)8(15)9(16)10(5)17/h3H,2H2,1H3,(H,19,20). The molecule has 2 aromatic rings. The lowest BCUT2D eigenvalue weighted by Gasteiger charge is -2.12.